The average molecular weight is 351 g/mol. The van der Waals surface area contributed by atoms with Gasteiger partial charge in [0, 0.05) is 51.0 Å². The highest BCUT2D eigenvalue weighted by Crippen LogP contribution is 2.15. The summed E-state index contributed by atoms with van der Waals surface area (Å²) in [6, 6.07) is 2.09. The van der Waals surface area contributed by atoms with Gasteiger partial charge in [0.05, 0.1) is 5.92 Å². The number of alkyl halides is 1. The zero-order chi connectivity index (χ0) is 18.2. The summed E-state index contributed by atoms with van der Waals surface area (Å²) in [6.45, 7) is 10.4. The maximum Gasteiger partial charge on any atom is 0.225 e. The Morgan fingerprint density at radius 1 is 1.24 bits per heavy atom. The van der Waals surface area contributed by atoms with Crippen molar-refractivity contribution in [2.45, 2.75) is 27.2 Å². The summed E-state index contributed by atoms with van der Waals surface area (Å²) in [5, 5.41) is 2.79. The lowest BCUT2D eigenvalue weighted by molar-refractivity contribution is -0.124. The van der Waals surface area contributed by atoms with Crippen molar-refractivity contribution < 1.29 is 9.18 Å². The minimum Gasteiger partial charge on any atom is -0.355 e. The first-order valence-electron chi connectivity index (χ1n) is 9.11. The summed E-state index contributed by atoms with van der Waals surface area (Å²) in [5.74, 6) is 0.805. The number of nitrogens with zero attached hydrogens (tertiary/aromatic N) is 4. The Labute approximate surface area is 149 Å². The predicted octanol–water partition coefficient (Wildman–Crippen LogP) is 1.52. The largest absolute Gasteiger partial charge is 0.355 e. The van der Waals surface area contributed by atoms with E-state index in [0.29, 0.717) is 12.5 Å². The number of halogens is 1. The number of aromatic nitrogens is 2. The summed E-state index contributed by atoms with van der Waals surface area (Å²) in [6.07, 6.45) is 2.62. The van der Waals surface area contributed by atoms with Gasteiger partial charge in [-0.1, -0.05) is 20.8 Å². The van der Waals surface area contributed by atoms with E-state index < -0.39 is 12.6 Å². The Morgan fingerprint density at radius 2 is 1.96 bits per heavy atom. The van der Waals surface area contributed by atoms with Gasteiger partial charge in [0.15, 0.2) is 0 Å². The van der Waals surface area contributed by atoms with Crippen LogP contribution in [0.5, 0.6) is 0 Å². The van der Waals surface area contributed by atoms with Crippen molar-refractivity contribution in [3.63, 3.8) is 0 Å². The highest BCUT2D eigenvalue weighted by molar-refractivity contribution is 5.78. The minimum atomic E-state index is -0.609. The molecule has 2 rings (SSSR count). The van der Waals surface area contributed by atoms with Gasteiger partial charge in [0.25, 0.3) is 0 Å². The van der Waals surface area contributed by atoms with Gasteiger partial charge in [0.2, 0.25) is 5.91 Å². The van der Waals surface area contributed by atoms with Crippen LogP contribution in [0.1, 0.15) is 26.5 Å². The molecule has 1 fully saturated rings. The number of carbonyl (C=O) groups excluding carboxylic acids is 1. The molecule has 25 heavy (non-hydrogen) atoms. The van der Waals surface area contributed by atoms with Crippen LogP contribution in [0, 0.1) is 11.8 Å². The van der Waals surface area contributed by atoms with Crippen LogP contribution in [0.3, 0.4) is 0 Å². The van der Waals surface area contributed by atoms with Crippen molar-refractivity contribution in [2.24, 2.45) is 11.8 Å². The molecule has 1 aromatic heterocycles. The number of amides is 1. The van der Waals surface area contributed by atoms with Gasteiger partial charge in [-0.3, -0.25) is 14.1 Å². The molecule has 1 N–H and O–H groups in total. The number of hydrogen-bond donors (Lipinski definition) is 1. The molecule has 1 aliphatic heterocycles. The lowest BCUT2D eigenvalue weighted by atomic mass is 10.1. The van der Waals surface area contributed by atoms with Crippen LogP contribution in [0.25, 0.3) is 0 Å². The van der Waals surface area contributed by atoms with E-state index >= 15 is 0 Å². The molecule has 6 nitrogen and oxygen atoms in total. The molecule has 1 atom stereocenters. The first kappa shape index (κ1) is 19.6. The Bertz CT molecular complexity index is 546. The SMILES string of the molecule is CC(C)Cc1cc(N2CCN(CCNC(=O)C(C)CF)CC2)ncn1. The summed E-state index contributed by atoms with van der Waals surface area (Å²) in [7, 11) is 0. The summed E-state index contributed by atoms with van der Waals surface area (Å²) < 4.78 is 12.4. The molecule has 0 bridgehead atoms. The molecule has 1 aliphatic rings. The van der Waals surface area contributed by atoms with Crippen molar-refractivity contribution in [1.29, 1.82) is 0 Å². The van der Waals surface area contributed by atoms with E-state index in [9.17, 15) is 9.18 Å². The molecular formula is C18H30FN5O. The molecule has 140 valence electrons. The number of hydrogen-bond acceptors (Lipinski definition) is 5. The van der Waals surface area contributed by atoms with Crippen LogP contribution in [-0.2, 0) is 11.2 Å². The third-order valence-corrected chi connectivity index (χ3v) is 4.43. The lowest BCUT2D eigenvalue weighted by Crippen LogP contribution is -2.49. The standard InChI is InChI=1S/C18H30FN5O/c1-14(2)10-16-11-17(22-13-21-16)24-8-6-23(7-9-24)5-4-20-18(25)15(3)12-19/h11,13-15H,4-10,12H2,1-3H3,(H,20,25). The molecule has 1 unspecified atom stereocenters. The van der Waals surface area contributed by atoms with E-state index in [1.54, 1.807) is 13.3 Å². The Balaban J connectivity index is 1.75. The first-order chi connectivity index (χ1) is 12.0. The topological polar surface area (TPSA) is 61.4 Å². The monoisotopic (exact) mass is 351 g/mol. The van der Waals surface area contributed by atoms with Crippen LogP contribution < -0.4 is 10.2 Å². The van der Waals surface area contributed by atoms with Gasteiger partial charge in [-0.05, 0) is 12.3 Å². The molecule has 1 aromatic rings. The van der Waals surface area contributed by atoms with E-state index in [-0.39, 0.29) is 5.91 Å². The van der Waals surface area contributed by atoms with Gasteiger partial charge in [-0.2, -0.15) is 0 Å². The summed E-state index contributed by atoms with van der Waals surface area (Å²) in [4.78, 5) is 24.9. The molecule has 7 heteroatoms. The molecule has 0 spiro atoms. The first-order valence-corrected chi connectivity index (χ1v) is 9.11. The van der Waals surface area contributed by atoms with Gasteiger partial charge in [-0.15, -0.1) is 0 Å². The van der Waals surface area contributed by atoms with Crippen molar-refractivity contribution in [3.8, 4) is 0 Å². The molecule has 0 aliphatic carbocycles. The smallest absolute Gasteiger partial charge is 0.225 e. The number of carbonyl (C=O) groups is 1. The molecular weight excluding hydrogens is 321 g/mol. The van der Waals surface area contributed by atoms with Crippen molar-refractivity contribution in [3.05, 3.63) is 18.1 Å². The molecule has 1 amide bonds. The van der Waals surface area contributed by atoms with Crippen molar-refractivity contribution >= 4 is 11.7 Å². The Morgan fingerprint density at radius 3 is 2.60 bits per heavy atom. The molecule has 1 saturated heterocycles. The van der Waals surface area contributed by atoms with E-state index in [0.717, 1.165) is 50.7 Å². The summed E-state index contributed by atoms with van der Waals surface area (Å²) >= 11 is 0. The predicted molar refractivity (Wildman–Crippen MR) is 97.4 cm³/mol. The van der Waals surface area contributed by atoms with Gasteiger partial charge >= 0.3 is 0 Å². The fourth-order valence-electron chi connectivity index (χ4n) is 2.87. The highest BCUT2D eigenvalue weighted by Gasteiger charge is 2.19. The average Bonchev–Trinajstić information content (AvgIpc) is 2.61. The second-order valence-corrected chi connectivity index (χ2v) is 7.14. The maximum atomic E-state index is 12.4. The Kier molecular flexibility index (Phi) is 7.55. The number of piperazine rings is 1. The van der Waals surface area contributed by atoms with Gasteiger partial charge in [-0.25, -0.2) is 9.97 Å². The third kappa shape index (κ3) is 6.23. The zero-order valence-electron chi connectivity index (χ0n) is 15.5. The number of anilines is 1. The molecule has 0 saturated carbocycles. The Hall–Kier alpha value is -1.76. The second kappa shape index (κ2) is 9.65. The summed E-state index contributed by atoms with van der Waals surface area (Å²) in [5.41, 5.74) is 1.09. The molecule has 2 heterocycles. The van der Waals surface area contributed by atoms with Crippen LogP contribution in [0.4, 0.5) is 10.2 Å². The van der Waals surface area contributed by atoms with E-state index in [4.69, 9.17) is 0 Å². The van der Waals surface area contributed by atoms with Crippen molar-refractivity contribution in [2.75, 3.05) is 50.8 Å². The number of nitrogens with one attached hydrogen (secondary N) is 1. The maximum absolute atomic E-state index is 12.4. The fraction of sp³-hybridized carbons (Fsp3) is 0.722. The zero-order valence-corrected chi connectivity index (χ0v) is 15.5. The molecule has 0 aromatic carbocycles. The normalized spacial score (nSPS) is 16.9. The van der Waals surface area contributed by atoms with Gasteiger partial charge in [0.1, 0.15) is 18.8 Å². The van der Waals surface area contributed by atoms with Crippen molar-refractivity contribution in [1.82, 2.24) is 20.2 Å². The van der Waals surface area contributed by atoms with Crippen LogP contribution in [0.15, 0.2) is 12.4 Å². The fourth-order valence-corrected chi connectivity index (χ4v) is 2.87. The van der Waals surface area contributed by atoms with Crippen LogP contribution >= 0.6 is 0 Å². The lowest BCUT2D eigenvalue weighted by Gasteiger charge is -2.35. The second-order valence-electron chi connectivity index (χ2n) is 7.14. The van der Waals surface area contributed by atoms with Crippen LogP contribution in [0.2, 0.25) is 0 Å². The van der Waals surface area contributed by atoms with E-state index in [1.807, 2.05) is 0 Å². The quantitative estimate of drug-likeness (QED) is 0.769. The minimum absolute atomic E-state index is 0.209. The van der Waals surface area contributed by atoms with Crippen LogP contribution in [-0.4, -0.2) is 66.7 Å². The van der Waals surface area contributed by atoms with E-state index in [2.05, 4.69) is 45.0 Å². The molecule has 0 radical (unpaired) electrons. The van der Waals surface area contributed by atoms with Gasteiger partial charge < -0.3 is 10.2 Å². The highest BCUT2D eigenvalue weighted by atomic mass is 19.1. The van der Waals surface area contributed by atoms with E-state index in [1.165, 1.54) is 0 Å². The third-order valence-electron chi connectivity index (χ3n) is 4.43. The number of rotatable bonds is 8.